The highest BCUT2D eigenvalue weighted by Gasteiger charge is 2.53. The predicted molar refractivity (Wildman–Crippen MR) is 108 cm³/mol. The largest absolute Gasteiger partial charge is 0.498 e. The minimum atomic E-state index is -0.363. The molecule has 0 unspecified atom stereocenters. The highest BCUT2D eigenvalue weighted by atomic mass is 16.7. The molecule has 1 saturated heterocycles. The smallest absolute Gasteiger partial charge is 0.399 e. The van der Waals surface area contributed by atoms with Gasteiger partial charge < -0.3 is 14.0 Å². The van der Waals surface area contributed by atoms with E-state index in [4.69, 9.17) is 19.1 Å². The first kappa shape index (κ1) is 20.1. The van der Waals surface area contributed by atoms with Gasteiger partial charge in [-0.05, 0) is 53.5 Å². The molecule has 1 aliphatic rings. The minimum Gasteiger partial charge on any atom is -0.399 e. The number of hydrogen-bond acceptors (Lipinski definition) is 4. The highest BCUT2D eigenvalue weighted by molar-refractivity contribution is 6.63. The SMILES string of the molecule is Cc1nn(CCCOCc2ccccc2)c(C)c1B1OC(C)(C)C(C)(C)O1. The molecular formula is C21H31BN2O3. The third kappa shape index (κ3) is 4.28. The van der Waals surface area contributed by atoms with Gasteiger partial charge in [0.15, 0.2) is 0 Å². The standard InChI is InChI=1S/C21H31BN2O3/c1-16-19(22-26-20(3,4)21(5,6)27-22)17(2)24(23-16)13-10-14-25-15-18-11-8-7-9-12-18/h7-9,11-12H,10,13-15H2,1-6H3. The van der Waals surface area contributed by atoms with Gasteiger partial charge >= 0.3 is 7.12 Å². The van der Waals surface area contributed by atoms with Crippen molar-refractivity contribution in [2.24, 2.45) is 0 Å². The number of nitrogens with zero attached hydrogens (tertiary/aromatic N) is 2. The summed E-state index contributed by atoms with van der Waals surface area (Å²) in [6, 6.07) is 10.2. The number of ether oxygens (including phenoxy) is 1. The van der Waals surface area contributed by atoms with E-state index < -0.39 is 0 Å². The van der Waals surface area contributed by atoms with Crippen molar-refractivity contribution in [2.75, 3.05) is 6.61 Å². The van der Waals surface area contributed by atoms with Gasteiger partial charge in [0.1, 0.15) is 0 Å². The van der Waals surface area contributed by atoms with Crippen LogP contribution in [0.25, 0.3) is 0 Å². The first-order valence-corrected chi connectivity index (χ1v) is 9.72. The molecule has 2 heterocycles. The van der Waals surface area contributed by atoms with Crippen molar-refractivity contribution < 1.29 is 14.0 Å². The third-order valence-corrected chi connectivity index (χ3v) is 5.70. The van der Waals surface area contributed by atoms with Gasteiger partial charge in [-0.25, -0.2) is 0 Å². The van der Waals surface area contributed by atoms with Crippen LogP contribution in [0.4, 0.5) is 0 Å². The molecule has 1 aromatic heterocycles. The zero-order valence-electron chi connectivity index (χ0n) is 17.4. The van der Waals surface area contributed by atoms with E-state index in [1.807, 2.05) is 29.8 Å². The molecule has 0 aliphatic carbocycles. The molecule has 3 rings (SSSR count). The lowest BCUT2D eigenvalue weighted by Gasteiger charge is -2.32. The summed E-state index contributed by atoms with van der Waals surface area (Å²) >= 11 is 0. The maximum Gasteiger partial charge on any atom is 0.498 e. The average Bonchev–Trinajstić information content (AvgIpc) is 2.99. The summed E-state index contributed by atoms with van der Waals surface area (Å²) < 4.78 is 20.3. The maximum absolute atomic E-state index is 6.22. The molecule has 5 nitrogen and oxygen atoms in total. The molecule has 1 aromatic carbocycles. The molecule has 0 amide bonds. The lowest BCUT2D eigenvalue weighted by molar-refractivity contribution is 0.00578. The summed E-state index contributed by atoms with van der Waals surface area (Å²) in [6.45, 7) is 14.6. The summed E-state index contributed by atoms with van der Waals surface area (Å²) in [4.78, 5) is 0. The van der Waals surface area contributed by atoms with Gasteiger partial charge in [0, 0.05) is 24.3 Å². The Morgan fingerprint density at radius 3 is 2.30 bits per heavy atom. The second-order valence-corrected chi connectivity index (χ2v) is 8.29. The third-order valence-electron chi connectivity index (χ3n) is 5.70. The van der Waals surface area contributed by atoms with E-state index in [2.05, 4.69) is 46.8 Å². The Labute approximate surface area is 163 Å². The van der Waals surface area contributed by atoms with Crippen LogP contribution in [0.1, 0.15) is 51.1 Å². The van der Waals surface area contributed by atoms with Gasteiger partial charge in [-0.15, -0.1) is 0 Å². The van der Waals surface area contributed by atoms with Crippen molar-refractivity contribution in [3.63, 3.8) is 0 Å². The second-order valence-electron chi connectivity index (χ2n) is 8.29. The summed E-state index contributed by atoms with van der Waals surface area (Å²) in [7, 11) is -0.363. The normalized spacial score (nSPS) is 18.2. The van der Waals surface area contributed by atoms with Crippen LogP contribution in [0.15, 0.2) is 30.3 Å². The Morgan fingerprint density at radius 2 is 1.67 bits per heavy atom. The van der Waals surface area contributed by atoms with Crippen molar-refractivity contribution in [3.05, 3.63) is 47.3 Å². The Kier molecular flexibility index (Phi) is 5.80. The lowest BCUT2D eigenvalue weighted by Crippen LogP contribution is -2.41. The van der Waals surface area contributed by atoms with Gasteiger partial charge in [-0.3, -0.25) is 4.68 Å². The number of rotatable bonds is 7. The summed E-state index contributed by atoms with van der Waals surface area (Å²) in [5.41, 5.74) is 3.64. The van der Waals surface area contributed by atoms with Crippen molar-refractivity contribution in [1.29, 1.82) is 0 Å². The van der Waals surface area contributed by atoms with E-state index in [0.29, 0.717) is 13.2 Å². The average molecular weight is 370 g/mol. The highest BCUT2D eigenvalue weighted by Crippen LogP contribution is 2.36. The van der Waals surface area contributed by atoms with E-state index in [0.717, 1.165) is 29.8 Å². The van der Waals surface area contributed by atoms with E-state index >= 15 is 0 Å². The fraction of sp³-hybridized carbons (Fsp3) is 0.571. The van der Waals surface area contributed by atoms with Gasteiger partial charge in [0.2, 0.25) is 0 Å². The van der Waals surface area contributed by atoms with Crippen LogP contribution in [-0.4, -0.2) is 34.7 Å². The molecule has 6 heteroatoms. The van der Waals surface area contributed by atoms with Crippen molar-refractivity contribution >= 4 is 12.6 Å². The van der Waals surface area contributed by atoms with Gasteiger partial charge in [0.05, 0.1) is 23.5 Å². The second kappa shape index (κ2) is 7.78. The molecule has 27 heavy (non-hydrogen) atoms. The van der Waals surface area contributed by atoms with Gasteiger partial charge in [0.25, 0.3) is 0 Å². The van der Waals surface area contributed by atoms with E-state index in [1.54, 1.807) is 0 Å². The summed E-state index contributed by atoms with van der Waals surface area (Å²) in [6.07, 6.45) is 0.914. The van der Waals surface area contributed by atoms with E-state index in [-0.39, 0.29) is 18.3 Å². The van der Waals surface area contributed by atoms with Gasteiger partial charge in [-0.1, -0.05) is 30.3 Å². The number of aryl methyl sites for hydroxylation is 2. The van der Waals surface area contributed by atoms with E-state index in [1.165, 1.54) is 5.56 Å². The maximum atomic E-state index is 6.22. The van der Waals surface area contributed by atoms with Crippen LogP contribution in [0.5, 0.6) is 0 Å². The first-order chi connectivity index (χ1) is 12.7. The number of hydrogen-bond donors (Lipinski definition) is 0. The van der Waals surface area contributed by atoms with E-state index in [9.17, 15) is 0 Å². The number of benzene rings is 1. The minimum absolute atomic E-state index is 0.343. The fourth-order valence-corrected chi connectivity index (χ4v) is 3.31. The van der Waals surface area contributed by atoms with Crippen LogP contribution < -0.4 is 5.46 Å². The molecule has 2 aromatic rings. The molecule has 0 N–H and O–H groups in total. The Morgan fingerprint density at radius 1 is 1.04 bits per heavy atom. The van der Waals surface area contributed by atoms with Gasteiger partial charge in [-0.2, -0.15) is 5.10 Å². The Bertz CT molecular complexity index is 755. The zero-order chi connectivity index (χ0) is 19.7. The predicted octanol–water partition coefficient (Wildman–Crippen LogP) is 3.41. The quantitative estimate of drug-likeness (QED) is 0.554. The zero-order valence-corrected chi connectivity index (χ0v) is 17.4. The molecule has 0 bridgehead atoms. The van der Waals surface area contributed by atoms with Crippen LogP contribution >= 0.6 is 0 Å². The first-order valence-electron chi connectivity index (χ1n) is 9.72. The molecular weight excluding hydrogens is 339 g/mol. The molecule has 0 radical (unpaired) electrons. The summed E-state index contributed by atoms with van der Waals surface area (Å²) in [5, 5.41) is 4.71. The molecule has 1 fully saturated rings. The molecule has 0 atom stereocenters. The van der Waals surface area contributed by atoms with Crippen LogP contribution in [0, 0.1) is 13.8 Å². The summed E-state index contributed by atoms with van der Waals surface area (Å²) in [5.74, 6) is 0. The lowest BCUT2D eigenvalue weighted by atomic mass is 9.77. The van der Waals surface area contributed by atoms with Crippen LogP contribution in [0.3, 0.4) is 0 Å². The van der Waals surface area contributed by atoms with Crippen LogP contribution in [0.2, 0.25) is 0 Å². The number of aromatic nitrogens is 2. The monoisotopic (exact) mass is 370 g/mol. The fourth-order valence-electron chi connectivity index (χ4n) is 3.31. The van der Waals surface area contributed by atoms with Crippen molar-refractivity contribution in [3.8, 4) is 0 Å². The van der Waals surface area contributed by atoms with Crippen molar-refractivity contribution in [2.45, 2.75) is 72.3 Å². The molecule has 1 aliphatic heterocycles. The Balaban J connectivity index is 1.56. The Hall–Kier alpha value is -1.63. The molecule has 0 spiro atoms. The van der Waals surface area contributed by atoms with Crippen molar-refractivity contribution in [1.82, 2.24) is 9.78 Å². The molecule has 0 saturated carbocycles. The van der Waals surface area contributed by atoms with Crippen LogP contribution in [-0.2, 0) is 27.2 Å². The molecule has 146 valence electrons. The topological polar surface area (TPSA) is 45.5 Å².